The first kappa shape index (κ1) is 9.00. The molecule has 1 heterocycles. The van der Waals surface area contributed by atoms with Crippen LogP contribution in [0.15, 0.2) is 18.3 Å². The second-order valence-electron chi connectivity index (χ2n) is 2.54. The fourth-order valence-electron chi connectivity index (χ4n) is 1.07. The second-order valence-corrected chi connectivity index (χ2v) is 2.54. The van der Waals surface area contributed by atoms with Crippen molar-refractivity contribution >= 4 is 5.82 Å². The fourth-order valence-corrected chi connectivity index (χ4v) is 1.07. The quantitative estimate of drug-likeness (QED) is 0.704. The van der Waals surface area contributed by atoms with Crippen LogP contribution in [0.2, 0.25) is 0 Å². The van der Waals surface area contributed by atoms with E-state index in [0.717, 1.165) is 18.9 Å². The molecule has 12 heavy (non-hydrogen) atoms. The van der Waals surface area contributed by atoms with Crippen LogP contribution in [0.1, 0.15) is 12.5 Å². The summed E-state index contributed by atoms with van der Waals surface area (Å²) < 4.78 is 0. The summed E-state index contributed by atoms with van der Waals surface area (Å²) in [5, 5.41) is 6.31. The van der Waals surface area contributed by atoms with E-state index in [-0.39, 0.29) is 0 Å². The Kier molecular flexibility index (Phi) is 3.54. The molecule has 0 amide bonds. The molecule has 0 saturated heterocycles. The van der Waals surface area contributed by atoms with Crippen LogP contribution in [0.3, 0.4) is 0 Å². The molecule has 66 valence electrons. The summed E-state index contributed by atoms with van der Waals surface area (Å²) in [7, 11) is 1.89. The van der Waals surface area contributed by atoms with Crippen molar-refractivity contribution in [3.8, 4) is 0 Å². The van der Waals surface area contributed by atoms with Crippen LogP contribution in [0.25, 0.3) is 0 Å². The standard InChI is InChI=1S/C9H15N3/c1-3-11-7-8-5-4-6-12-9(8)10-2/h4-6,11H,3,7H2,1-2H3,(H,10,12). The van der Waals surface area contributed by atoms with Gasteiger partial charge in [-0.3, -0.25) is 0 Å². The number of hydrogen-bond donors (Lipinski definition) is 2. The Balaban J connectivity index is 2.68. The molecule has 3 heteroatoms. The molecule has 0 unspecified atom stereocenters. The van der Waals surface area contributed by atoms with Gasteiger partial charge in [-0.15, -0.1) is 0 Å². The Labute approximate surface area is 73.2 Å². The molecule has 0 atom stereocenters. The van der Waals surface area contributed by atoms with Gasteiger partial charge in [0.1, 0.15) is 5.82 Å². The van der Waals surface area contributed by atoms with Crippen molar-refractivity contribution in [2.45, 2.75) is 13.5 Å². The molecule has 0 fully saturated rings. The first-order valence-electron chi connectivity index (χ1n) is 4.20. The lowest BCUT2D eigenvalue weighted by atomic mass is 10.2. The van der Waals surface area contributed by atoms with E-state index < -0.39 is 0 Å². The van der Waals surface area contributed by atoms with Gasteiger partial charge in [-0.05, 0) is 12.6 Å². The van der Waals surface area contributed by atoms with Crippen LogP contribution < -0.4 is 10.6 Å². The largest absolute Gasteiger partial charge is 0.373 e. The average Bonchev–Trinajstić information content (AvgIpc) is 2.15. The van der Waals surface area contributed by atoms with Crippen molar-refractivity contribution in [1.82, 2.24) is 10.3 Å². The van der Waals surface area contributed by atoms with Crippen molar-refractivity contribution in [3.63, 3.8) is 0 Å². The first-order chi connectivity index (χ1) is 5.88. The van der Waals surface area contributed by atoms with Crippen LogP contribution >= 0.6 is 0 Å². The van der Waals surface area contributed by atoms with Gasteiger partial charge in [0.15, 0.2) is 0 Å². The van der Waals surface area contributed by atoms with E-state index in [4.69, 9.17) is 0 Å². The van der Waals surface area contributed by atoms with Crippen molar-refractivity contribution in [3.05, 3.63) is 23.9 Å². The van der Waals surface area contributed by atoms with E-state index in [2.05, 4.69) is 28.6 Å². The molecule has 3 nitrogen and oxygen atoms in total. The molecule has 0 spiro atoms. The Bertz CT molecular complexity index is 235. The van der Waals surface area contributed by atoms with Crippen LogP contribution in [0.5, 0.6) is 0 Å². The van der Waals surface area contributed by atoms with Crippen LogP contribution in [-0.4, -0.2) is 18.6 Å². The van der Waals surface area contributed by atoms with Crippen molar-refractivity contribution < 1.29 is 0 Å². The van der Waals surface area contributed by atoms with E-state index in [9.17, 15) is 0 Å². The molecule has 1 aromatic rings. The number of aromatic nitrogens is 1. The molecule has 0 aromatic carbocycles. The summed E-state index contributed by atoms with van der Waals surface area (Å²) in [4.78, 5) is 4.20. The third-order valence-electron chi connectivity index (χ3n) is 1.69. The van der Waals surface area contributed by atoms with Gasteiger partial charge in [0.2, 0.25) is 0 Å². The number of anilines is 1. The van der Waals surface area contributed by atoms with Gasteiger partial charge in [-0.1, -0.05) is 13.0 Å². The number of nitrogens with zero attached hydrogens (tertiary/aromatic N) is 1. The minimum atomic E-state index is 0.876. The minimum Gasteiger partial charge on any atom is -0.373 e. The maximum atomic E-state index is 4.20. The molecular formula is C9H15N3. The van der Waals surface area contributed by atoms with Crippen molar-refractivity contribution in [2.24, 2.45) is 0 Å². The molecule has 0 radical (unpaired) electrons. The molecule has 1 rings (SSSR count). The summed E-state index contributed by atoms with van der Waals surface area (Å²) in [6.07, 6.45) is 1.79. The third kappa shape index (κ3) is 2.20. The highest BCUT2D eigenvalue weighted by Crippen LogP contribution is 2.09. The van der Waals surface area contributed by atoms with E-state index in [1.807, 2.05) is 13.1 Å². The normalized spacial score (nSPS) is 9.83. The molecule has 0 aliphatic rings. The number of hydrogen-bond acceptors (Lipinski definition) is 3. The highest BCUT2D eigenvalue weighted by atomic mass is 15.0. The van der Waals surface area contributed by atoms with E-state index in [1.165, 1.54) is 5.56 Å². The zero-order chi connectivity index (χ0) is 8.81. The Morgan fingerprint density at radius 1 is 1.50 bits per heavy atom. The van der Waals surface area contributed by atoms with Crippen LogP contribution in [0, 0.1) is 0 Å². The molecule has 0 aliphatic heterocycles. The predicted octanol–water partition coefficient (Wildman–Crippen LogP) is 1.23. The maximum absolute atomic E-state index is 4.20. The zero-order valence-electron chi connectivity index (χ0n) is 7.59. The Hall–Kier alpha value is -1.09. The third-order valence-corrected chi connectivity index (χ3v) is 1.69. The van der Waals surface area contributed by atoms with Crippen LogP contribution in [0.4, 0.5) is 5.82 Å². The molecule has 2 N–H and O–H groups in total. The average molecular weight is 165 g/mol. The summed E-state index contributed by atoms with van der Waals surface area (Å²) in [5.41, 5.74) is 1.21. The predicted molar refractivity (Wildman–Crippen MR) is 51.2 cm³/mol. The monoisotopic (exact) mass is 165 g/mol. The van der Waals surface area contributed by atoms with Crippen LogP contribution in [-0.2, 0) is 6.54 Å². The van der Waals surface area contributed by atoms with E-state index in [1.54, 1.807) is 6.20 Å². The Morgan fingerprint density at radius 2 is 2.33 bits per heavy atom. The topological polar surface area (TPSA) is 37.0 Å². The Morgan fingerprint density at radius 3 is 3.00 bits per heavy atom. The highest BCUT2D eigenvalue weighted by Gasteiger charge is 1.98. The molecular weight excluding hydrogens is 150 g/mol. The zero-order valence-corrected chi connectivity index (χ0v) is 7.59. The fraction of sp³-hybridized carbons (Fsp3) is 0.444. The SMILES string of the molecule is CCNCc1cccnc1NC. The van der Waals surface area contributed by atoms with Gasteiger partial charge in [-0.2, -0.15) is 0 Å². The molecule has 0 aliphatic carbocycles. The number of rotatable bonds is 4. The van der Waals surface area contributed by atoms with Crippen molar-refractivity contribution in [1.29, 1.82) is 0 Å². The molecule has 0 saturated carbocycles. The summed E-state index contributed by atoms with van der Waals surface area (Å²) in [6.45, 7) is 3.95. The lowest BCUT2D eigenvalue weighted by Gasteiger charge is -2.06. The van der Waals surface area contributed by atoms with E-state index in [0.29, 0.717) is 0 Å². The number of nitrogens with one attached hydrogen (secondary N) is 2. The lowest BCUT2D eigenvalue weighted by molar-refractivity contribution is 0.726. The van der Waals surface area contributed by atoms with Gasteiger partial charge in [0.05, 0.1) is 0 Å². The summed E-state index contributed by atoms with van der Waals surface area (Å²) in [5.74, 6) is 0.957. The first-order valence-corrected chi connectivity index (χ1v) is 4.20. The van der Waals surface area contributed by atoms with Gasteiger partial charge < -0.3 is 10.6 Å². The smallest absolute Gasteiger partial charge is 0.130 e. The van der Waals surface area contributed by atoms with E-state index >= 15 is 0 Å². The van der Waals surface area contributed by atoms with Crippen molar-refractivity contribution in [2.75, 3.05) is 18.9 Å². The summed E-state index contributed by atoms with van der Waals surface area (Å²) >= 11 is 0. The van der Waals surface area contributed by atoms with Gasteiger partial charge >= 0.3 is 0 Å². The lowest BCUT2D eigenvalue weighted by Crippen LogP contribution is -2.13. The van der Waals surface area contributed by atoms with Gasteiger partial charge in [0.25, 0.3) is 0 Å². The second kappa shape index (κ2) is 4.72. The van der Waals surface area contributed by atoms with Gasteiger partial charge in [0, 0.05) is 25.4 Å². The highest BCUT2D eigenvalue weighted by molar-refractivity contribution is 5.42. The summed E-state index contributed by atoms with van der Waals surface area (Å²) in [6, 6.07) is 4.02. The number of pyridine rings is 1. The molecule has 0 bridgehead atoms. The minimum absolute atomic E-state index is 0.876. The van der Waals surface area contributed by atoms with Gasteiger partial charge in [-0.25, -0.2) is 4.98 Å². The maximum Gasteiger partial charge on any atom is 0.130 e. The molecule has 1 aromatic heterocycles.